The van der Waals surface area contributed by atoms with Crippen LogP contribution in [0.5, 0.6) is 0 Å². The van der Waals surface area contributed by atoms with E-state index in [2.05, 4.69) is 17.1 Å². The molecule has 0 saturated carbocycles. The van der Waals surface area contributed by atoms with Crippen molar-refractivity contribution in [2.45, 2.75) is 13.0 Å². The maximum atomic E-state index is 12.5. The molecular formula is C14H20N4O2. The number of carbonyl (C=O) groups is 1. The van der Waals surface area contributed by atoms with Gasteiger partial charge in [0.25, 0.3) is 5.91 Å². The summed E-state index contributed by atoms with van der Waals surface area (Å²) in [6.07, 6.45) is 0. The van der Waals surface area contributed by atoms with E-state index in [4.69, 9.17) is 10.9 Å². The van der Waals surface area contributed by atoms with Crippen LogP contribution in [0.25, 0.3) is 0 Å². The molecule has 3 N–H and O–H groups in total. The number of piperazine rings is 1. The highest BCUT2D eigenvalue weighted by atomic mass is 16.4. The number of nitrogens with zero attached hydrogens (tertiary/aromatic N) is 3. The van der Waals surface area contributed by atoms with Gasteiger partial charge in [0.15, 0.2) is 5.84 Å². The van der Waals surface area contributed by atoms with E-state index in [-0.39, 0.29) is 17.8 Å². The monoisotopic (exact) mass is 276 g/mol. The topological polar surface area (TPSA) is 82.2 Å². The molecule has 1 aliphatic rings. The van der Waals surface area contributed by atoms with Gasteiger partial charge < -0.3 is 20.7 Å². The first kappa shape index (κ1) is 14.3. The van der Waals surface area contributed by atoms with Crippen molar-refractivity contribution >= 4 is 11.7 Å². The fourth-order valence-electron chi connectivity index (χ4n) is 2.48. The molecule has 1 saturated heterocycles. The zero-order valence-corrected chi connectivity index (χ0v) is 11.8. The van der Waals surface area contributed by atoms with Crippen LogP contribution in [0, 0.1) is 0 Å². The Morgan fingerprint density at radius 2 is 2.10 bits per heavy atom. The lowest BCUT2D eigenvalue weighted by Gasteiger charge is -2.38. The Labute approximate surface area is 118 Å². The number of hydrogen-bond donors (Lipinski definition) is 2. The van der Waals surface area contributed by atoms with E-state index in [1.165, 1.54) is 0 Å². The van der Waals surface area contributed by atoms with E-state index < -0.39 is 0 Å². The van der Waals surface area contributed by atoms with Crippen molar-refractivity contribution in [1.29, 1.82) is 0 Å². The predicted octanol–water partition coefficient (Wildman–Crippen LogP) is 0.557. The van der Waals surface area contributed by atoms with Gasteiger partial charge >= 0.3 is 0 Å². The number of likely N-dealkylation sites (N-methyl/N-ethyl adjacent to an activating group) is 1. The average molecular weight is 276 g/mol. The summed E-state index contributed by atoms with van der Waals surface area (Å²) in [5, 5.41) is 11.7. The summed E-state index contributed by atoms with van der Waals surface area (Å²) in [7, 11) is 2.05. The highest BCUT2D eigenvalue weighted by Gasteiger charge is 2.26. The minimum atomic E-state index is -0.0156. The van der Waals surface area contributed by atoms with Crippen LogP contribution in [0.3, 0.4) is 0 Å². The molecule has 0 aliphatic carbocycles. The predicted molar refractivity (Wildman–Crippen MR) is 76.9 cm³/mol. The highest BCUT2D eigenvalue weighted by Crippen LogP contribution is 2.14. The summed E-state index contributed by atoms with van der Waals surface area (Å²) in [5.41, 5.74) is 6.66. The fraction of sp³-hybridized carbons (Fsp3) is 0.429. The number of nitrogens with two attached hydrogens (primary N) is 1. The van der Waals surface area contributed by atoms with E-state index in [0.717, 1.165) is 13.1 Å². The Morgan fingerprint density at radius 3 is 2.75 bits per heavy atom. The molecule has 1 unspecified atom stereocenters. The lowest BCUT2D eigenvalue weighted by molar-refractivity contribution is 0.0533. The van der Waals surface area contributed by atoms with Gasteiger partial charge in [-0.2, -0.15) is 0 Å². The van der Waals surface area contributed by atoms with Gasteiger partial charge in [-0.25, -0.2) is 0 Å². The first-order valence-corrected chi connectivity index (χ1v) is 6.60. The van der Waals surface area contributed by atoms with Crippen LogP contribution in [0.4, 0.5) is 0 Å². The highest BCUT2D eigenvalue weighted by molar-refractivity contribution is 6.01. The van der Waals surface area contributed by atoms with Crippen molar-refractivity contribution in [2.24, 2.45) is 10.9 Å². The van der Waals surface area contributed by atoms with Crippen molar-refractivity contribution in [2.75, 3.05) is 26.7 Å². The third-order valence-electron chi connectivity index (χ3n) is 3.60. The zero-order valence-electron chi connectivity index (χ0n) is 11.8. The molecule has 0 radical (unpaired) electrons. The Bertz CT molecular complexity index is 530. The SMILES string of the molecule is CC1CN(C)CCN1C(=O)c1cccc(/C(N)=N/O)c1. The molecule has 1 aromatic carbocycles. The summed E-state index contributed by atoms with van der Waals surface area (Å²) >= 11 is 0. The van der Waals surface area contributed by atoms with Crippen LogP contribution in [0.2, 0.25) is 0 Å². The van der Waals surface area contributed by atoms with Gasteiger partial charge in [-0.1, -0.05) is 17.3 Å². The first-order valence-electron chi connectivity index (χ1n) is 6.60. The van der Waals surface area contributed by atoms with Crippen molar-refractivity contribution in [3.05, 3.63) is 35.4 Å². The molecular weight excluding hydrogens is 256 g/mol. The fourth-order valence-corrected chi connectivity index (χ4v) is 2.48. The van der Waals surface area contributed by atoms with E-state index in [0.29, 0.717) is 17.7 Å². The Morgan fingerprint density at radius 1 is 1.40 bits per heavy atom. The van der Waals surface area contributed by atoms with Crippen molar-refractivity contribution in [3.63, 3.8) is 0 Å². The molecule has 1 amide bonds. The maximum absolute atomic E-state index is 12.5. The van der Waals surface area contributed by atoms with E-state index in [1.807, 2.05) is 11.8 Å². The molecule has 1 fully saturated rings. The van der Waals surface area contributed by atoms with Gasteiger partial charge in [0.1, 0.15) is 0 Å². The quantitative estimate of drug-likeness (QED) is 0.358. The minimum absolute atomic E-state index is 0.00563. The summed E-state index contributed by atoms with van der Waals surface area (Å²) < 4.78 is 0. The Kier molecular flexibility index (Phi) is 4.24. The second-order valence-corrected chi connectivity index (χ2v) is 5.18. The van der Waals surface area contributed by atoms with Gasteiger partial charge in [-0.15, -0.1) is 0 Å². The zero-order chi connectivity index (χ0) is 14.7. The second-order valence-electron chi connectivity index (χ2n) is 5.18. The molecule has 108 valence electrons. The van der Waals surface area contributed by atoms with Gasteiger partial charge in [0.05, 0.1) is 0 Å². The molecule has 0 bridgehead atoms. The van der Waals surface area contributed by atoms with Gasteiger partial charge in [0.2, 0.25) is 0 Å². The van der Waals surface area contributed by atoms with Crippen LogP contribution in [-0.2, 0) is 0 Å². The van der Waals surface area contributed by atoms with Crippen molar-refractivity contribution in [3.8, 4) is 0 Å². The molecule has 20 heavy (non-hydrogen) atoms. The number of amides is 1. The first-order chi connectivity index (χ1) is 9.52. The Balaban J connectivity index is 2.21. The normalized spacial score (nSPS) is 21.0. The van der Waals surface area contributed by atoms with Gasteiger partial charge in [-0.3, -0.25) is 4.79 Å². The van der Waals surface area contributed by atoms with Crippen LogP contribution in [0.15, 0.2) is 29.4 Å². The van der Waals surface area contributed by atoms with E-state index in [9.17, 15) is 4.79 Å². The van der Waals surface area contributed by atoms with Crippen LogP contribution < -0.4 is 5.73 Å². The van der Waals surface area contributed by atoms with Crippen LogP contribution in [-0.4, -0.2) is 59.5 Å². The average Bonchev–Trinajstić information content (AvgIpc) is 2.46. The van der Waals surface area contributed by atoms with Crippen molar-refractivity contribution in [1.82, 2.24) is 9.80 Å². The van der Waals surface area contributed by atoms with Gasteiger partial charge in [-0.05, 0) is 26.1 Å². The molecule has 0 aromatic heterocycles. The second kappa shape index (κ2) is 5.92. The maximum Gasteiger partial charge on any atom is 0.254 e. The van der Waals surface area contributed by atoms with Crippen LogP contribution in [0.1, 0.15) is 22.8 Å². The molecule has 0 spiro atoms. The third kappa shape index (κ3) is 2.91. The number of carbonyl (C=O) groups excluding carboxylic acids is 1. The molecule has 6 heteroatoms. The molecule has 2 rings (SSSR count). The number of amidine groups is 1. The molecule has 6 nitrogen and oxygen atoms in total. The Hall–Kier alpha value is -2.08. The number of benzene rings is 1. The van der Waals surface area contributed by atoms with Crippen molar-refractivity contribution < 1.29 is 10.0 Å². The summed E-state index contributed by atoms with van der Waals surface area (Å²) in [4.78, 5) is 16.6. The van der Waals surface area contributed by atoms with Crippen LogP contribution >= 0.6 is 0 Å². The largest absolute Gasteiger partial charge is 0.409 e. The molecule has 1 heterocycles. The lowest BCUT2D eigenvalue weighted by Crippen LogP contribution is -2.52. The number of oxime groups is 1. The van der Waals surface area contributed by atoms with E-state index >= 15 is 0 Å². The number of hydrogen-bond acceptors (Lipinski definition) is 4. The molecule has 1 atom stereocenters. The van der Waals surface area contributed by atoms with Gasteiger partial charge in [0, 0.05) is 36.8 Å². The lowest BCUT2D eigenvalue weighted by atomic mass is 10.1. The van der Waals surface area contributed by atoms with E-state index in [1.54, 1.807) is 24.3 Å². The number of rotatable bonds is 2. The standard InChI is InChI=1S/C14H20N4O2/c1-10-9-17(2)6-7-18(10)14(19)12-5-3-4-11(8-12)13(15)16-20/h3-5,8,10,20H,6-7,9H2,1-2H3,(H2,15,16). The summed E-state index contributed by atoms with van der Waals surface area (Å²) in [6, 6.07) is 7.03. The summed E-state index contributed by atoms with van der Waals surface area (Å²) in [5.74, 6) is -0.00994. The molecule has 1 aromatic rings. The smallest absolute Gasteiger partial charge is 0.254 e. The summed E-state index contributed by atoms with van der Waals surface area (Å²) in [6.45, 7) is 4.49. The molecule has 1 aliphatic heterocycles. The minimum Gasteiger partial charge on any atom is -0.409 e. The third-order valence-corrected chi connectivity index (χ3v) is 3.60.